The summed E-state index contributed by atoms with van der Waals surface area (Å²) in [6.07, 6.45) is 2.53. The highest BCUT2D eigenvalue weighted by Crippen LogP contribution is 2.27. The van der Waals surface area contributed by atoms with E-state index in [0.29, 0.717) is 12.3 Å². The van der Waals surface area contributed by atoms with Gasteiger partial charge in [-0.05, 0) is 99.1 Å². The smallest absolute Gasteiger partial charge is 0.270 e. The van der Waals surface area contributed by atoms with Crippen molar-refractivity contribution >= 4 is 40.9 Å². The van der Waals surface area contributed by atoms with Gasteiger partial charge < -0.3 is 9.30 Å². The Morgan fingerprint density at radius 1 is 0.971 bits per heavy atom. The number of aryl methyl sites for hydroxylation is 2. The summed E-state index contributed by atoms with van der Waals surface area (Å²) in [6.45, 7) is 8.58. The highest BCUT2D eigenvalue weighted by Gasteiger charge is 2.34. The molecule has 1 aliphatic rings. The van der Waals surface area contributed by atoms with Gasteiger partial charge in [-0.15, -0.1) is 0 Å². The Kier molecular flexibility index (Phi) is 6.65. The fourth-order valence-electron chi connectivity index (χ4n) is 4.12. The summed E-state index contributed by atoms with van der Waals surface area (Å²) in [5.74, 6) is -0.130. The highest BCUT2D eigenvalue weighted by atomic mass is 32.1. The van der Waals surface area contributed by atoms with Crippen molar-refractivity contribution in [2.45, 2.75) is 34.1 Å². The maximum absolute atomic E-state index is 13.4. The van der Waals surface area contributed by atoms with Gasteiger partial charge in [0.1, 0.15) is 11.3 Å². The number of hydrogen-bond acceptors (Lipinski definition) is 4. The number of rotatable bonds is 6. The number of carbonyl (C=O) groups excluding carboxylic acids is 2. The zero-order chi connectivity index (χ0) is 24.4. The Morgan fingerprint density at radius 2 is 1.62 bits per heavy atom. The van der Waals surface area contributed by atoms with Gasteiger partial charge in [0, 0.05) is 17.1 Å². The van der Waals surface area contributed by atoms with E-state index in [0.717, 1.165) is 40.4 Å². The van der Waals surface area contributed by atoms with E-state index in [1.54, 1.807) is 6.08 Å². The first-order valence-electron chi connectivity index (χ1n) is 11.3. The van der Waals surface area contributed by atoms with E-state index >= 15 is 0 Å². The van der Waals surface area contributed by atoms with Gasteiger partial charge in [0.05, 0.1) is 12.3 Å². The molecule has 0 unspecified atom stereocenters. The lowest BCUT2D eigenvalue weighted by atomic mass is 10.1. The number of benzene rings is 2. The summed E-state index contributed by atoms with van der Waals surface area (Å²) in [5, 5.41) is 2.74. The molecule has 7 heteroatoms. The number of aromatic nitrogens is 1. The first kappa shape index (κ1) is 23.4. The Bertz CT molecular complexity index is 1290. The molecule has 174 valence electrons. The molecule has 3 aromatic rings. The third-order valence-electron chi connectivity index (χ3n) is 5.88. The van der Waals surface area contributed by atoms with Gasteiger partial charge in [0.25, 0.3) is 11.8 Å². The molecule has 6 nitrogen and oxygen atoms in total. The number of nitrogens with one attached hydrogen (secondary N) is 1. The molecule has 0 aliphatic carbocycles. The zero-order valence-electron chi connectivity index (χ0n) is 19.7. The molecular weight excluding hydrogens is 446 g/mol. The van der Waals surface area contributed by atoms with Crippen LogP contribution in [0.4, 0.5) is 5.69 Å². The molecule has 1 saturated heterocycles. The van der Waals surface area contributed by atoms with Crippen LogP contribution in [0.15, 0.2) is 60.2 Å². The van der Waals surface area contributed by atoms with Crippen molar-refractivity contribution in [3.8, 4) is 11.4 Å². The molecule has 0 bridgehead atoms. The first-order chi connectivity index (χ1) is 16.3. The molecule has 1 N–H and O–H groups in total. The van der Waals surface area contributed by atoms with Crippen LogP contribution in [0.5, 0.6) is 5.75 Å². The first-order valence-corrected chi connectivity index (χ1v) is 11.7. The molecule has 0 spiro atoms. The van der Waals surface area contributed by atoms with E-state index in [1.165, 1.54) is 4.90 Å². The molecule has 1 fully saturated rings. The minimum absolute atomic E-state index is 0.0418. The van der Waals surface area contributed by atoms with E-state index in [-0.39, 0.29) is 10.7 Å². The van der Waals surface area contributed by atoms with Gasteiger partial charge in [-0.2, -0.15) is 0 Å². The molecule has 2 amide bonds. The lowest BCUT2D eigenvalue weighted by Crippen LogP contribution is -2.54. The molecule has 0 saturated carbocycles. The van der Waals surface area contributed by atoms with E-state index in [4.69, 9.17) is 17.0 Å². The van der Waals surface area contributed by atoms with Crippen LogP contribution in [0.1, 0.15) is 36.4 Å². The third kappa shape index (κ3) is 4.39. The minimum atomic E-state index is -0.498. The van der Waals surface area contributed by atoms with Crippen molar-refractivity contribution in [3.63, 3.8) is 0 Å². The van der Waals surface area contributed by atoms with Crippen LogP contribution >= 0.6 is 12.2 Å². The molecule has 4 rings (SSSR count). The Balaban J connectivity index is 1.70. The van der Waals surface area contributed by atoms with Crippen LogP contribution in [0.25, 0.3) is 11.8 Å². The summed E-state index contributed by atoms with van der Waals surface area (Å²) in [4.78, 5) is 27.5. The van der Waals surface area contributed by atoms with Gasteiger partial charge >= 0.3 is 0 Å². The van der Waals surface area contributed by atoms with Crippen molar-refractivity contribution in [1.82, 2.24) is 9.88 Å². The maximum atomic E-state index is 13.4. The van der Waals surface area contributed by atoms with Gasteiger partial charge in [0.15, 0.2) is 5.11 Å². The van der Waals surface area contributed by atoms with Crippen molar-refractivity contribution in [1.29, 1.82) is 0 Å². The summed E-state index contributed by atoms with van der Waals surface area (Å²) in [5.41, 5.74) is 5.49. The summed E-state index contributed by atoms with van der Waals surface area (Å²) >= 11 is 5.32. The van der Waals surface area contributed by atoms with Crippen LogP contribution in [-0.4, -0.2) is 28.1 Å². The Morgan fingerprint density at radius 3 is 2.24 bits per heavy atom. The number of anilines is 1. The van der Waals surface area contributed by atoms with E-state index in [1.807, 2.05) is 75.4 Å². The van der Waals surface area contributed by atoms with Crippen molar-refractivity contribution in [2.75, 3.05) is 11.5 Å². The van der Waals surface area contributed by atoms with Crippen LogP contribution in [0, 0.1) is 13.8 Å². The Hall–Kier alpha value is -3.71. The average molecular weight is 474 g/mol. The molecular formula is C27H27N3O3S. The van der Waals surface area contributed by atoms with Crippen LogP contribution in [0.2, 0.25) is 0 Å². The Labute approximate surface area is 204 Å². The lowest BCUT2D eigenvalue weighted by molar-refractivity contribution is -0.122. The van der Waals surface area contributed by atoms with Gasteiger partial charge in [-0.1, -0.05) is 19.1 Å². The molecule has 1 aliphatic heterocycles. The molecule has 2 heterocycles. The topological polar surface area (TPSA) is 63.6 Å². The molecule has 1 aromatic heterocycles. The number of hydrogen-bond donors (Lipinski definition) is 1. The summed E-state index contributed by atoms with van der Waals surface area (Å²) < 4.78 is 7.62. The minimum Gasteiger partial charge on any atom is -0.494 e. The lowest BCUT2D eigenvalue weighted by Gasteiger charge is -2.29. The second-order valence-electron chi connectivity index (χ2n) is 8.07. The average Bonchev–Trinajstić information content (AvgIpc) is 3.10. The monoisotopic (exact) mass is 473 g/mol. The molecule has 34 heavy (non-hydrogen) atoms. The van der Waals surface area contributed by atoms with Crippen molar-refractivity contribution in [2.24, 2.45) is 0 Å². The van der Waals surface area contributed by atoms with E-state index in [9.17, 15) is 9.59 Å². The van der Waals surface area contributed by atoms with Crippen LogP contribution in [-0.2, 0) is 16.0 Å². The van der Waals surface area contributed by atoms with E-state index in [2.05, 4.69) is 16.8 Å². The van der Waals surface area contributed by atoms with Gasteiger partial charge in [-0.3, -0.25) is 19.8 Å². The largest absolute Gasteiger partial charge is 0.494 e. The van der Waals surface area contributed by atoms with E-state index < -0.39 is 11.8 Å². The predicted molar refractivity (Wildman–Crippen MR) is 138 cm³/mol. The van der Waals surface area contributed by atoms with Crippen molar-refractivity contribution in [3.05, 3.63) is 82.7 Å². The second kappa shape index (κ2) is 9.65. The van der Waals surface area contributed by atoms with Gasteiger partial charge in [0.2, 0.25) is 0 Å². The van der Waals surface area contributed by atoms with Gasteiger partial charge in [-0.25, -0.2) is 0 Å². The normalized spacial score (nSPS) is 15.1. The number of carbonyl (C=O) groups is 2. The zero-order valence-corrected chi connectivity index (χ0v) is 20.5. The number of ether oxygens (including phenoxy) is 1. The highest BCUT2D eigenvalue weighted by molar-refractivity contribution is 7.80. The predicted octanol–water partition coefficient (Wildman–Crippen LogP) is 4.89. The molecule has 0 radical (unpaired) electrons. The molecule has 0 atom stereocenters. The summed E-state index contributed by atoms with van der Waals surface area (Å²) in [6, 6.07) is 17.4. The second-order valence-corrected chi connectivity index (χ2v) is 8.45. The number of nitrogens with zero attached hydrogens (tertiary/aromatic N) is 2. The quantitative estimate of drug-likeness (QED) is 0.315. The van der Waals surface area contributed by atoms with Crippen molar-refractivity contribution < 1.29 is 14.3 Å². The molecule has 2 aromatic carbocycles. The fraction of sp³-hybridized carbons (Fsp3) is 0.222. The summed E-state index contributed by atoms with van der Waals surface area (Å²) in [7, 11) is 0. The SMILES string of the molecule is CCOc1ccc(-n2c(C)cc(/C=C3\C(=O)NC(=S)N(c4ccc(CC)cc4)C3=O)c2C)cc1. The number of thiocarbonyl (C=S) groups is 1. The third-order valence-corrected chi connectivity index (χ3v) is 6.17. The fourth-order valence-corrected chi connectivity index (χ4v) is 4.40. The maximum Gasteiger partial charge on any atom is 0.270 e. The standard InChI is InChI=1S/C27H27N3O3S/c1-5-19-7-9-22(10-8-19)30-26(32)24(25(31)28-27(30)34)16-20-15-17(3)29(18(20)4)21-11-13-23(14-12-21)33-6-2/h7-16H,5-6H2,1-4H3,(H,28,31,34)/b24-16+. The number of amides is 2. The van der Waals surface area contributed by atoms with Crippen LogP contribution < -0.4 is 15.0 Å². The van der Waals surface area contributed by atoms with Crippen LogP contribution in [0.3, 0.4) is 0 Å².